The molecule has 6 nitrogen and oxygen atoms in total. The normalized spacial score (nSPS) is 10.8. The zero-order valence-corrected chi connectivity index (χ0v) is 12.1. The molecular formula is C16H15N3O3. The Morgan fingerprint density at radius 1 is 1.32 bits per heavy atom. The highest BCUT2D eigenvalue weighted by Crippen LogP contribution is 2.33. The number of benzene rings is 1. The summed E-state index contributed by atoms with van der Waals surface area (Å²) in [6, 6.07) is 9.33. The maximum absolute atomic E-state index is 10.9. The number of carboxylic acid groups (broad SMARTS) is 1. The zero-order chi connectivity index (χ0) is 15.5. The quantitative estimate of drug-likeness (QED) is 0.782. The molecule has 0 atom stereocenters. The fourth-order valence-electron chi connectivity index (χ4n) is 2.45. The third kappa shape index (κ3) is 2.50. The maximum atomic E-state index is 10.9. The number of carbonyl (C=O) groups is 1. The molecule has 0 saturated carbocycles. The van der Waals surface area contributed by atoms with E-state index in [1.54, 1.807) is 30.1 Å². The summed E-state index contributed by atoms with van der Waals surface area (Å²) < 4.78 is 7.06. The van der Waals surface area contributed by atoms with Gasteiger partial charge in [0.25, 0.3) is 0 Å². The van der Waals surface area contributed by atoms with E-state index in [1.807, 2.05) is 24.3 Å². The Bertz CT molecular complexity index is 826. The highest BCUT2D eigenvalue weighted by molar-refractivity contribution is 5.76. The van der Waals surface area contributed by atoms with Crippen LogP contribution in [0.2, 0.25) is 0 Å². The van der Waals surface area contributed by atoms with Crippen LogP contribution in [0.5, 0.6) is 5.75 Å². The van der Waals surface area contributed by atoms with E-state index in [0.29, 0.717) is 23.5 Å². The van der Waals surface area contributed by atoms with E-state index in [1.165, 1.54) is 0 Å². The summed E-state index contributed by atoms with van der Waals surface area (Å²) in [5.74, 6) is -0.149. The van der Waals surface area contributed by atoms with Crippen LogP contribution in [0.1, 0.15) is 12.0 Å². The van der Waals surface area contributed by atoms with Gasteiger partial charge in [0.1, 0.15) is 11.4 Å². The molecule has 3 rings (SSSR count). The minimum Gasteiger partial charge on any atom is -0.496 e. The van der Waals surface area contributed by atoms with Crippen LogP contribution in [0, 0.1) is 0 Å². The Hall–Kier alpha value is -2.89. The molecule has 0 fully saturated rings. The van der Waals surface area contributed by atoms with Crippen molar-refractivity contribution in [3.05, 3.63) is 48.3 Å². The second-order valence-electron chi connectivity index (χ2n) is 4.81. The molecule has 3 aromatic rings. The summed E-state index contributed by atoms with van der Waals surface area (Å²) in [7, 11) is 1.60. The Morgan fingerprint density at radius 2 is 2.14 bits per heavy atom. The van der Waals surface area contributed by atoms with Gasteiger partial charge in [-0.25, -0.2) is 9.50 Å². The minimum atomic E-state index is -0.846. The molecule has 0 amide bonds. The summed E-state index contributed by atoms with van der Waals surface area (Å²) in [5.41, 5.74) is 3.02. The van der Waals surface area contributed by atoms with E-state index < -0.39 is 5.97 Å². The standard InChI is InChI=1S/C16H15N3O3/c1-22-13-6-3-2-5-11(13)15-12(7-8-14(20)21)16-17-9-4-10-19(16)18-15/h2-6,9-10H,7-8H2,1H3,(H,20,21). The van der Waals surface area contributed by atoms with Crippen molar-refractivity contribution in [1.29, 1.82) is 0 Å². The molecule has 2 heterocycles. The van der Waals surface area contributed by atoms with E-state index in [9.17, 15) is 4.79 Å². The van der Waals surface area contributed by atoms with Crippen LogP contribution >= 0.6 is 0 Å². The average molecular weight is 297 g/mol. The Labute approximate surface area is 127 Å². The lowest BCUT2D eigenvalue weighted by Crippen LogP contribution is -1.99. The smallest absolute Gasteiger partial charge is 0.303 e. The first kappa shape index (κ1) is 14.1. The van der Waals surface area contributed by atoms with Gasteiger partial charge in [0.2, 0.25) is 0 Å². The molecule has 0 aliphatic rings. The zero-order valence-electron chi connectivity index (χ0n) is 12.1. The topological polar surface area (TPSA) is 76.7 Å². The second-order valence-corrected chi connectivity index (χ2v) is 4.81. The van der Waals surface area contributed by atoms with Crippen molar-refractivity contribution in [1.82, 2.24) is 14.6 Å². The van der Waals surface area contributed by atoms with Crippen LogP contribution in [-0.2, 0) is 11.2 Å². The minimum absolute atomic E-state index is 0.0279. The van der Waals surface area contributed by atoms with Gasteiger partial charge in [0.15, 0.2) is 5.65 Å². The molecule has 0 radical (unpaired) electrons. The molecule has 0 aliphatic heterocycles. The van der Waals surface area contributed by atoms with Crippen molar-refractivity contribution < 1.29 is 14.6 Å². The molecule has 22 heavy (non-hydrogen) atoms. The van der Waals surface area contributed by atoms with E-state index in [-0.39, 0.29) is 6.42 Å². The van der Waals surface area contributed by atoms with Crippen LogP contribution in [-0.4, -0.2) is 32.8 Å². The largest absolute Gasteiger partial charge is 0.496 e. The van der Waals surface area contributed by atoms with Crippen molar-refractivity contribution in [2.24, 2.45) is 0 Å². The van der Waals surface area contributed by atoms with Gasteiger partial charge in [-0.2, -0.15) is 5.10 Å². The Balaban J connectivity index is 2.19. The van der Waals surface area contributed by atoms with Crippen LogP contribution in [0.25, 0.3) is 16.9 Å². The SMILES string of the molecule is COc1ccccc1-c1nn2cccnc2c1CCC(=O)O. The van der Waals surface area contributed by atoms with Crippen molar-refractivity contribution >= 4 is 11.6 Å². The summed E-state index contributed by atoms with van der Waals surface area (Å²) in [5, 5.41) is 13.5. The number of methoxy groups -OCH3 is 1. The summed E-state index contributed by atoms with van der Waals surface area (Å²) >= 11 is 0. The second kappa shape index (κ2) is 5.85. The highest BCUT2D eigenvalue weighted by atomic mass is 16.5. The fourth-order valence-corrected chi connectivity index (χ4v) is 2.45. The maximum Gasteiger partial charge on any atom is 0.303 e. The molecule has 112 valence electrons. The highest BCUT2D eigenvalue weighted by Gasteiger charge is 2.18. The number of hydrogen-bond acceptors (Lipinski definition) is 4. The monoisotopic (exact) mass is 297 g/mol. The van der Waals surface area contributed by atoms with Crippen LogP contribution in [0.3, 0.4) is 0 Å². The van der Waals surface area contributed by atoms with Crippen molar-refractivity contribution in [2.45, 2.75) is 12.8 Å². The number of hydrogen-bond donors (Lipinski definition) is 1. The predicted octanol–water partition coefficient (Wildman–Crippen LogP) is 2.42. The molecule has 0 unspecified atom stereocenters. The lowest BCUT2D eigenvalue weighted by atomic mass is 10.0. The van der Waals surface area contributed by atoms with E-state index >= 15 is 0 Å². The van der Waals surface area contributed by atoms with E-state index in [0.717, 1.165) is 11.1 Å². The number of nitrogens with zero attached hydrogens (tertiary/aromatic N) is 3. The van der Waals surface area contributed by atoms with Gasteiger partial charge in [0.05, 0.1) is 7.11 Å². The molecule has 2 aromatic heterocycles. The van der Waals surface area contributed by atoms with E-state index in [4.69, 9.17) is 9.84 Å². The number of fused-ring (bicyclic) bond motifs is 1. The number of rotatable bonds is 5. The van der Waals surface area contributed by atoms with Gasteiger partial charge in [-0.15, -0.1) is 0 Å². The molecule has 1 aromatic carbocycles. The molecule has 0 spiro atoms. The lowest BCUT2D eigenvalue weighted by molar-refractivity contribution is -0.136. The number of carboxylic acids is 1. The van der Waals surface area contributed by atoms with Crippen LogP contribution in [0.4, 0.5) is 0 Å². The molecule has 6 heteroatoms. The number of aliphatic carboxylic acids is 1. The van der Waals surface area contributed by atoms with Crippen molar-refractivity contribution in [3.8, 4) is 17.0 Å². The van der Waals surface area contributed by atoms with Gasteiger partial charge in [-0.05, 0) is 24.6 Å². The first-order chi connectivity index (χ1) is 10.7. The third-order valence-corrected chi connectivity index (χ3v) is 3.44. The fraction of sp³-hybridized carbons (Fsp3) is 0.188. The molecular weight excluding hydrogens is 282 g/mol. The van der Waals surface area contributed by atoms with Gasteiger partial charge in [0, 0.05) is 29.9 Å². The summed E-state index contributed by atoms with van der Waals surface area (Å²) in [6.07, 6.45) is 3.86. The van der Waals surface area contributed by atoms with Gasteiger partial charge in [-0.1, -0.05) is 12.1 Å². The summed E-state index contributed by atoms with van der Waals surface area (Å²) in [4.78, 5) is 15.3. The molecule has 0 saturated heterocycles. The Morgan fingerprint density at radius 3 is 2.91 bits per heavy atom. The summed E-state index contributed by atoms with van der Waals surface area (Å²) in [6.45, 7) is 0. The number of aromatic nitrogens is 3. The van der Waals surface area contributed by atoms with Crippen LogP contribution < -0.4 is 4.74 Å². The molecule has 0 aliphatic carbocycles. The third-order valence-electron chi connectivity index (χ3n) is 3.44. The Kier molecular flexibility index (Phi) is 3.74. The van der Waals surface area contributed by atoms with E-state index in [2.05, 4.69) is 10.1 Å². The van der Waals surface area contributed by atoms with Gasteiger partial charge < -0.3 is 9.84 Å². The number of aryl methyl sites for hydroxylation is 1. The van der Waals surface area contributed by atoms with Crippen LogP contribution in [0.15, 0.2) is 42.7 Å². The number of para-hydroxylation sites is 1. The van der Waals surface area contributed by atoms with Crippen molar-refractivity contribution in [2.75, 3.05) is 7.11 Å². The first-order valence-electron chi connectivity index (χ1n) is 6.88. The van der Waals surface area contributed by atoms with Gasteiger partial charge in [-0.3, -0.25) is 4.79 Å². The molecule has 0 bridgehead atoms. The lowest BCUT2D eigenvalue weighted by Gasteiger charge is -2.07. The van der Waals surface area contributed by atoms with Crippen molar-refractivity contribution in [3.63, 3.8) is 0 Å². The average Bonchev–Trinajstić information content (AvgIpc) is 2.91. The first-order valence-corrected chi connectivity index (χ1v) is 6.88. The van der Waals surface area contributed by atoms with Gasteiger partial charge >= 0.3 is 5.97 Å². The number of ether oxygens (including phenoxy) is 1. The predicted molar refractivity (Wildman–Crippen MR) is 80.9 cm³/mol. The molecule has 1 N–H and O–H groups in total.